The molecule has 0 heterocycles. The molecule has 0 saturated heterocycles. The van der Waals surface area contributed by atoms with Crippen molar-refractivity contribution in [3.63, 3.8) is 0 Å². The van der Waals surface area contributed by atoms with Crippen LogP contribution in [0.2, 0.25) is 0 Å². The van der Waals surface area contributed by atoms with Gasteiger partial charge in [-0.2, -0.15) is 0 Å². The molecule has 0 fully saturated rings. The van der Waals surface area contributed by atoms with Gasteiger partial charge in [0.05, 0.1) is 0 Å². The minimum absolute atomic E-state index is 0. The number of rotatable bonds is 0. The first-order valence-corrected chi connectivity index (χ1v) is 6.49. The van der Waals surface area contributed by atoms with E-state index in [-0.39, 0.29) is 46.2 Å². The molecule has 5 heavy (non-hydrogen) atoms. The van der Waals surface area contributed by atoms with Crippen LogP contribution in [0.5, 0.6) is 0 Å². The summed E-state index contributed by atoms with van der Waals surface area (Å²) in [5.74, 6) is 0. The van der Waals surface area contributed by atoms with E-state index in [1.54, 1.807) is 18.9 Å². The third-order valence-electron chi connectivity index (χ3n) is 0. The van der Waals surface area contributed by atoms with E-state index in [1.807, 2.05) is 0 Å². The van der Waals surface area contributed by atoms with E-state index in [2.05, 4.69) is 0 Å². The van der Waals surface area contributed by atoms with Crippen LogP contribution in [-0.2, 0) is 18.8 Å². The van der Waals surface area contributed by atoms with Gasteiger partial charge in [-0.25, -0.2) is 0 Å². The Hall–Kier alpha value is 2.82. The van der Waals surface area contributed by atoms with Gasteiger partial charge in [-0.15, -0.1) is 0 Å². The summed E-state index contributed by atoms with van der Waals surface area (Å²) in [4.78, 5) is 0. The summed E-state index contributed by atoms with van der Waals surface area (Å²) in [6.07, 6.45) is 0. The SMILES string of the molecule is [LiH].[O]=[Ti][Te].[PbH2]. The van der Waals surface area contributed by atoms with Crippen molar-refractivity contribution in [1.82, 2.24) is 0 Å². The Morgan fingerprint density at radius 1 is 1.60 bits per heavy atom. The summed E-state index contributed by atoms with van der Waals surface area (Å²) in [7, 11) is 0. The van der Waals surface area contributed by atoms with Gasteiger partial charge in [-0.1, -0.05) is 0 Å². The Bertz CT molecular complexity index is 19.1. The van der Waals surface area contributed by atoms with Crippen LogP contribution in [0.25, 0.3) is 0 Å². The molecule has 0 aliphatic rings. The number of hydrogen-bond acceptors (Lipinski definition) is 1. The van der Waals surface area contributed by atoms with Gasteiger partial charge in [0.2, 0.25) is 0 Å². The van der Waals surface area contributed by atoms with Gasteiger partial charge in [-0.3, -0.25) is 0 Å². The Morgan fingerprint density at radius 2 is 1.60 bits per heavy atom. The summed E-state index contributed by atoms with van der Waals surface area (Å²) in [5, 5.41) is 0. The fourth-order valence-electron chi connectivity index (χ4n) is 0. The van der Waals surface area contributed by atoms with Crippen molar-refractivity contribution in [3.05, 3.63) is 0 Å². The molecule has 0 N–H and O–H groups in total. The predicted molar refractivity (Wildman–Crippen MR) is 22.1 cm³/mol. The molecule has 0 rings (SSSR count). The van der Waals surface area contributed by atoms with Gasteiger partial charge >= 0.3 is 83.9 Å². The van der Waals surface area contributed by atoms with Crippen molar-refractivity contribution < 1.29 is 18.8 Å². The molecule has 1 nitrogen and oxygen atoms in total. The first kappa shape index (κ1) is 15.7. The van der Waals surface area contributed by atoms with E-state index in [1.165, 1.54) is 0 Å². The summed E-state index contributed by atoms with van der Waals surface area (Å²) in [6.45, 7) is 0. The third-order valence-corrected chi connectivity index (χ3v) is 0. The standard InChI is InChI=1S/Li.O.Pb.Te.Ti.3H. The molecule has 0 aliphatic heterocycles. The second-order valence-electron chi connectivity index (χ2n) is 0.0833. The van der Waals surface area contributed by atoms with E-state index < -0.39 is 15.4 Å². The van der Waals surface area contributed by atoms with E-state index in [0.29, 0.717) is 0 Å². The number of hydrogen-bond donors (Lipinski definition) is 0. The van der Waals surface area contributed by atoms with Crippen molar-refractivity contribution in [2.45, 2.75) is 0 Å². The van der Waals surface area contributed by atoms with E-state index in [9.17, 15) is 0 Å². The predicted octanol–water partition coefficient (Wildman–Crippen LogP) is -2.07. The van der Waals surface area contributed by atoms with Gasteiger partial charge < -0.3 is 0 Å². The normalized spacial score (nSPS) is 1.80. The van der Waals surface area contributed by atoms with Gasteiger partial charge in [0.25, 0.3) is 0 Å². The van der Waals surface area contributed by atoms with Crippen LogP contribution in [0.4, 0.5) is 0 Å². The molecule has 0 amide bonds. The van der Waals surface area contributed by atoms with Gasteiger partial charge in [-0.05, 0) is 0 Å². The molecule has 3 radical (unpaired) electrons. The molecular formula is H3LiOPbTeTi. The molecule has 0 saturated carbocycles. The summed E-state index contributed by atoms with van der Waals surface area (Å²) in [6, 6.07) is 0. The maximum absolute atomic E-state index is 9.06. The van der Waals surface area contributed by atoms with Crippen LogP contribution in [0.15, 0.2) is 0 Å². The van der Waals surface area contributed by atoms with Crippen LogP contribution in [0.1, 0.15) is 0 Å². The monoisotopic (exact) mass is 412 g/mol. The van der Waals surface area contributed by atoms with Crippen molar-refractivity contribution in [2.24, 2.45) is 0 Å². The van der Waals surface area contributed by atoms with E-state index in [4.69, 9.17) is 3.32 Å². The molecular weight excluding hydrogens is 406 g/mol. The van der Waals surface area contributed by atoms with Crippen molar-refractivity contribution >= 4 is 65.1 Å². The molecule has 0 atom stereocenters. The summed E-state index contributed by atoms with van der Waals surface area (Å²) in [5.41, 5.74) is 0. The van der Waals surface area contributed by atoms with Crippen molar-refractivity contribution in [1.29, 1.82) is 0 Å². The summed E-state index contributed by atoms with van der Waals surface area (Å²) < 4.78 is 9.06. The Morgan fingerprint density at radius 3 is 1.60 bits per heavy atom. The fourth-order valence-corrected chi connectivity index (χ4v) is 0. The molecule has 5 heteroatoms. The topological polar surface area (TPSA) is 17.1 Å². The Labute approximate surface area is 82.1 Å². The van der Waals surface area contributed by atoms with Crippen LogP contribution in [-0.4, -0.2) is 65.1 Å². The van der Waals surface area contributed by atoms with E-state index >= 15 is 0 Å². The van der Waals surface area contributed by atoms with Crippen molar-refractivity contribution in [2.75, 3.05) is 0 Å². The summed E-state index contributed by atoms with van der Waals surface area (Å²) >= 11 is 0.900. The third kappa shape index (κ3) is 19.9. The molecule has 0 aliphatic carbocycles. The molecule has 24 valence electrons. The van der Waals surface area contributed by atoms with Crippen LogP contribution >= 0.6 is 0 Å². The Balaban J connectivity index is -0.0000000200. The Kier molecular flexibility index (Phi) is 49.6. The zero-order chi connectivity index (χ0) is 2.71. The zero-order valence-corrected chi connectivity index (χ0v) is 11.4. The molecule has 0 bridgehead atoms. The quantitative estimate of drug-likeness (QED) is 0.421. The molecule has 0 unspecified atom stereocenters. The van der Waals surface area contributed by atoms with Gasteiger partial charge in [0.1, 0.15) is 0 Å². The second-order valence-corrected chi connectivity index (χ2v) is 2.30. The van der Waals surface area contributed by atoms with Crippen LogP contribution < -0.4 is 0 Å². The molecule has 0 spiro atoms. The first-order chi connectivity index (χ1) is 1.41. The minimum atomic E-state index is -0.740. The maximum atomic E-state index is 9.06. The molecule has 0 aromatic carbocycles. The van der Waals surface area contributed by atoms with Crippen LogP contribution in [0.3, 0.4) is 0 Å². The fraction of sp³-hybridized carbons (Fsp3) is 0. The van der Waals surface area contributed by atoms with Crippen LogP contribution in [0, 0.1) is 0 Å². The average Bonchev–Trinajstić information content (AvgIpc) is 0.918. The van der Waals surface area contributed by atoms with Crippen molar-refractivity contribution in [3.8, 4) is 0 Å². The van der Waals surface area contributed by atoms with Gasteiger partial charge in [0.15, 0.2) is 0 Å². The van der Waals surface area contributed by atoms with Gasteiger partial charge in [0, 0.05) is 0 Å². The zero-order valence-electron chi connectivity index (χ0n) is 2.02. The molecule has 0 aromatic heterocycles. The first-order valence-electron chi connectivity index (χ1n) is 0.408. The molecule has 0 aromatic rings. The van der Waals surface area contributed by atoms with E-state index in [0.717, 1.165) is 0 Å². The second kappa shape index (κ2) is 15.8. The average molecular weight is 409 g/mol.